The molecule has 80 heavy (non-hydrogen) atoms. The first-order chi connectivity index (χ1) is 38.5. The van der Waals surface area contributed by atoms with Gasteiger partial charge in [-0.3, -0.25) is 4.79 Å². The monoisotopic (exact) mass is 1110 g/mol. The number of nitrogens with one attached hydrogen (secondary N) is 3. The topological polar surface area (TPSA) is 214 Å². The van der Waals surface area contributed by atoms with Crippen LogP contribution in [-0.4, -0.2) is 65.9 Å². The molecule has 15 nitrogen and oxygen atoms in total. The van der Waals surface area contributed by atoms with Crippen molar-refractivity contribution in [3.05, 3.63) is 226 Å². The van der Waals surface area contributed by atoms with E-state index in [0.717, 1.165) is 11.6 Å². The van der Waals surface area contributed by atoms with Gasteiger partial charge >= 0.3 is 24.1 Å². The van der Waals surface area contributed by atoms with Crippen LogP contribution in [0.2, 0.25) is 0 Å². The van der Waals surface area contributed by atoms with E-state index in [1.165, 1.54) is 24.3 Å². The van der Waals surface area contributed by atoms with Crippen molar-refractivity contribution in [1.29, 1.82) is 0 Å². The molecule has 21 heteroatoms. The molecule has 0 saturated carbocycles. The summed E-state index contributed by atoms with van der Waals surface area (Å²) >= 11 is 0. The summed E-state index contributed by atoms with van der Waals surface area (Å²) in [6.45, 7) is -1.00. The predicted molar refractivity (Wildman–Crippen MR) is 277 cm³/mol. The summed E-state index contributed by atoms with van der Waals surface area (Å²) in [7, 11) is 0. The molecule has 0 unspecified atom stereocenters. The molecule has 0 aliphatic heterocycles. The molecule has 7 aromatic rings. The van der Waals surface area contributed by atoms with Crippen molar-refractivity contribution in [1.82, 2.24) is 16.0 Å². The fourth-order valence-corrected chi connectivity index (χ4v) is 7.85. The van der Waals surface area contributed by atoms with Crippen LogP contribution in [0.25, 0.3) is 11.1 Å². The molecule has 0 aliphatic carbocycles. The summed E-state index contributed by atoms with van der Waals surface area (Å²) in [6, 6.07) is 37.6. The van der Waals surface area contributed by atoms with Gasteiger partial charge in [0.05, 0.1) is 12.1 Å². The highest BCUT2D eigenvalue weighted by molar-refractivity contribution is 5.88. The third-order valence-corrected chi connectivity index (χ3v) is 12.1. The number of hydrogen-bond donors (Lipinski definition) is 5. The first-order valence-corrected chi connectivity index (χ1v) is 24.7. The molecule has 7 rings (SSSR count). The van der Waals surface area contributed by atoms with Gasteiger partial charge in [0.2, 0.25) is 40.7 Å². The Morgan fingerprint density at radius 1 is 0.500 bits per heavy atom. The van der Waals surface area contributed by atoms with E-state index in [1.54, 1.807) is 127 Å². The number of nitrogens with two attached hydrogens (primary N) is 1. The van der Waals surface area contributed by atoms with Crippen LogP contribution in [-0.2, 0) is 67.9 Å². The maximum atomic E-state index is 16.0. The quantitative estimate of drug-likeness (QED) is 0.00958. The van der Waals surface area contributed by atoms with Gasteiger partial charge in [0, 0.05) is 19.4 Å². The van der Waals surface area contributed by atoms with Crippen molar-refractivity contribution in [3.8, 4) is 22.6 Å². The second-order valence-corrected chi connectivity index (χ2v) is 18.0. The SMILES string of the molecule is N[C@@H](C[C@@H](O)CNC(=O)OCc1ccccc1)C(=O)N[C@@H](Cc1cc(-c2ccc(OCc3ccccc3)c(C[C@H](NC(=O)OCc3ccccc3)C(=O)Oc3c(F)c(F)c(F)c(F)c3F)c2)ccc1F)C(=O)OCc1ccccc1. The zero-order valence-corrected chi connectivity index (χ0v) is 42.4. The number of amides is 3. The predicted octanol–water partition coefficient (Wildman–Crippen LogP) is 8.99. The molecule has 6 N–H and O–H groups in total. The highest BCUT2D eigenvalue weighted by Gasteiger charge is 2.33. The second-order valence-electron chi connectivity index (χ2n) is 18.0. The number of aliphatic hydroxyl groups is 1. The minimum Gasteiger partial charge on any atom is -0.489 e. The maximum absolute atomic E-state index is 16.0. The lowest BCUT2D eigenvalue weighted by molar-refractivity contribution is -0.149. The minimum atomic E-state index is -2.51. The molecule has 0 fully saturated rings. The Morgan fingerprint density at radius 3 is 1.50 bits per heavy atom. The third kappa shape index (κ3) is 16.7. The van der Waals surface area contributed by atoms with Gasteiger partial charge in [0.1, 0.15) is 50.1 Å². The summed E-state index contributed by atoms with van der Waals surface area (Å²) in [5.74, 6) is -18.5. The van der Waals surface area contributed by atoms with Gasteiger partial charge in [-0.05, 0) is 75.2 Å². The van der Waals surface area contributed by atoms with E-state index in [9.17, 15) is 51.0 Å². The van der Waals surface area contributed by atoms with Gasteiger partial charge in [-0.2, -0.15) is 8.78 Å². The summed E-state index contributed by atoms with van der Waals surface area (Å²) in [5, 5.41) is 17.8. The molecule has 7 aromatic carbocycles. The highest BCUT2D eigenvalue weighted by Crippen LogP contribution is 2.33. The van der Waals surface area contributed by atoms with Gasteiger partial charge < -0.3 is 50.5 Å². The van der Waals surface area contributed by atoms with Crippen molar-refractivity contribution >= 4 is 30.0 Å². The highest BCUT2D eigenvalue weighted by atomic mass is 19.2. The van der Waals surface area contributed by atoms with E-state index in [-0.39, 0.29) is 61.0 Å². The number of aliphatic hydroxyl groups excluding tert-OH is 1. The Hall–Kier alpha value is -9.21. The molecule has 4 atom stereocenters. The molecular formula is C59H52F6N4O11. The van der Waals surface area contributed by atoms with Crippen molar-refractivity contribution in [3.63, 3.8) is 0 Å². The molecule has 0 heterocycles. The summed E-state index contributed by atoms with van der Waals surface area (Å²) in [4.78, 5) is 66.9. The molecule has 0 aromatic heterocycles. The number of alkyl carbamates (subject to hydrolysis) is 2. The van der Waals surface area contributed by atoms with Crippen molar-refractivity contribution in [2.24, 2.45) is 5.73 Å². The van der Waals surface area contributed by atoms with Crippen LogP contribution < -0.4 is 31.2 Å². The van der Waals surface area contributed by atoms with Gasteiger partial charge in [-0.1, -0.05) is 133 Å². The molecule has 0 aliphatic rings. The minimum absolute atomic E-state index is 0.0376. The van der Waals surface area contributed by atoms with E-state index in [1.807, 2.05) is 0 Å². The number of benzene rings is 7. The Labute approximate surface area is 454 Å². The standard InChI is InChI=1S/C59H52F6N4O11/c60-44-23-21-39(25-41(44)27-46(56(72)77-32-36-15-7-2-8-16-36)68-55(71)45(66)29-43(70)30-67-58(74)78-33-37-17-9-3-10-18-37)40-22-24-48(76-31-35-13-5-1-6-14-35)42(26-40)28-47(69-59(75)79-34-38-19-11-4-12-20-38)57(73)80-54-52(64)50(62)49(61)51(63)53(54)65/h1-26,43,45-47,70H,27-34,66H2,(H,67,74)(H,68,71)(H,69,75)/t43-,45+,46+,47+/m1/s1. The Bertz CT molecular complexity index is 3230. The fourth-order valence-electron chi connectivity index (χ4n) is 7.85. The van der Waals surface area contributed by atoms with E-state index < -0.39 is 114 Å². The second kappa shape index (κ2) is 28.4. The van der Waals surface area contributed by atoms with Crippen LogP contribution in [0.3, 0.4) is 0 Å². The molecule has 0 saturated heterocycles. The lowest BCUT2D eigenvalue weighted by Gasteiger charge is -2.22. The summed E-state index contributed by atoms with van der Waals surface area (Å²) in [5.41, 5.74) is 9.20. The fraction of sp³-hybridized carbons (Fsp3) is 0.203. The van der Waals surface area contributed by atoms with Gasteiger partial charge in [-0.15, -0.1) is 0 Å². The van der Waals surface area contributed by atoms with Crippen LogP contribution in [0.1, 0.15) is 39.8 Å². The molecule has 416 valence electrons. The van der Waals surface area contributed by atoms with Gasteiger partial charge in [0.15, 0.2) is 0 Å². The first-order valence-electron chi connectivity index (χ1n) is 24.7. The van der Waals surface area contributed by atoms with E-state index in [2.05, 4.69) is 16.0 Å². The molecule has 0 spiro atoms. The lowest BCUT2D eigenvalue weighted by Crippen LogP contribution is -2.51. The number of rotatable bonds is 24. The number of carbonyl (C=O) groups excluding carboxylic acids is 5. The smallest absolute Gasteiger partial charge is 0.408 e. The first kappa shape index (κ1) is 58.5. The van der Waals surface area contributed by atoms with Crippen molar-refractivity contribution in [2.75, 3.05) is 6.54 Å². The zero-order chi connectivity index (χ0) is 57.1. The third-order valence-electron chi connectivity index (χ3n) is 12.1. The van der Waals surface area contributed by atoms with E-state index in [0.29, 0.717) is 16.7 Å². The number of esters is 2. The summed E-state index contributed by atoms with van der Waals surface area (Å²) < 4.78 is 115. The van der Waals surface area contributed by atoms with Gasteiger partial charge in [-0.25, -0.2) is 36.7 Å². The zero-order valence-electron chi connectivity index (χ0n) is 42.4. The van der Waals surface area contributed by atoms with Crippen molar-refractivity contribution < 1.29 is 79.1 Å². The summed E-state index contributed by atoms with van der Waals surface area (Å²) in [6.07, 6.45) is -5.00. The number of hydrogen-bond acceptors (Lipinski definition) is 12. The van der Waals surface area contributed by atoms with E-state index in [4.69, 9.17) is 29.4 Å². The van der Waals surface area contributed by atoms with Crippen LogP contribution in [0.15, 0.2) is 158 Å². The number of halogens is 6. The number of ether oxygens (including phenoxy) is 5. The normalized spacial score (nSPS) is 12.4. The average Bonchev–Trinajstić information content (AvgIpc) is 3.47. The van der Waals surface area contributed by atoms with Crippen LogP contribution in [0, 0.1) is 34.9 Å². The molecule has 0 bridgehead atoms. The Balaban J connectivity index is 1.15. The largest absolute Gasteiger partial charge is 0.489 e. The molecule has 3 amide bonds. The van der Waals surface area contributed by atoms with Crippen molar-refractivity contribution in [2.45, 2.75) is 69.9 Å². The van der Waals surface area contributed by atoms with E-state index >= 15 is 4.39 Å². The van der Waals surface area contributed by atoms with Crippen LogP contribution in [0.5, 0.6) is 11.5 Å². The Kier molecular flexibility index (Phi) is 20.8. The molecule has 0 radical (unpaired) electrons. The maximum Gasteiger partial charge on any atom is 0.408 e. The van der Waals surface area contributed by atoms with Gasteiger partial charge in [0.25, 0.3) is 0 Å². The Morgan fingerprint density at radius 2 is 0.950 bits per heavy atom. The lowest BCUT2D eigenvalue weighted by atomic mass is 9.95. The number of carbonyl (C=O) groups is 5. The van der Waals surface area contributed by atoms with Crippen LogP contribution >= 0.6 is 0 Å². The van der Waals surface area contributed by atoms with Crippen LogP contribution in [0.4, 0.5) is 35.9 Å². The average molecular weight is 1110 g/mol. The molecular weight excluding hydrogens is 1050 g/mol.